The highest BCUT2D eigenvalue weighted by molar-refractivity contribution is 6.31. The minimum atomic E-state index is -4.32. The fraction of sp³-hybridized carbons (Fsp3) is 0.571. The van der Waals surface area contributed by atoms with Crippen molar-refractivity contribution in [3.63, 3.8) is 0 Å². The van der Waals surface area contributed by atoms with Crippen LogP contribution in [-0.4, -0.2) is 24.5 Å². The molecule has 0 fully saturated rings. The summed E-state index contributed by atoms with van der Waals surface area (Å²) in [7, 11) is 0. The molecule has 1 aromatic rings. The first-order valence-corrected chi connectivity index (χ1v) is 7.00. The Morgan fingerprint density at radius 1 is 1.14 bits per heavy atom. The topological polar surface area (TPSA) is 38.7 Å². The van der Waals surface area contributed by atoms with Crippen LogP contribution in [0.1, 0.15) is 38.4 Å². The van der Waals surface area contributed by atoms with Crippen molar-refractivity contribution in [3.05, 3.63) is 22.7 Å². The molecule has 0 aliphatic carbocycles. The van der Waals surface area contributed by atoms with Gasteiger partial charge in [0.25, 0.3) is 0 Å². The predicted molar refractivity (Wildman–Crippen MR) is 74.0 cm³/mol. The van der Waals surface area contributed by atoms with Crippen LogP contribution in [0.2, 0.25) is 5.02 Å². The summed E-state index contributed by atoms with van der Waals surface area (Å²) in [4.78, 5) is 0. The van der Waals surface area contributed by atoms with Gasteiger partial charge in [0.2, 0.25) is 0 Å². The number of aliphatic hydroxyl groups excluding tert-OH is 1. The zero-order valence-corrected chi connectivity index (χ0v) is 12.6. The van der Waals surface area contributed by atoms with Crippen molar-refractivity contribution in [2.45, 2.75) is 39.0 Å². The molecule has 0 radical (unpaired) electrons. The number of ether oxygens (including phenoxy) is 2. The fourth-order valence-corrected chi connectivity index (χ4v) is 2.08. The Morgan fingerprint density at radius 2 is 1.67 bits per heavy atom. The van der Waals surface area contributed by atoms with E-state index in [9.17, 15) is 18.3 Å². The first-order valence-electron chi connectivity index (χ1n) is 6.62. The molecule has 3 nitrogen and oxygen atoms in total. The predicted octanol–water partition coefficient (Wildman–Crippen LogP) is 4.51. The van der Waals surface area contributed by atoms with Crippen molar-refractivity contribution in [1.29, 1.82) is 0 Å². The lowest BCUT2D eigenvalue weighted by Gasteiger charge is -2.18. The molecule has 21 heavy (non-hydrogen) atoms. The molecule has 1 unspecified atom stereocenters. The van der Waals surface area contributed by atoms with Crippen LogP contribution in [0.4, 0.5) is 13.2 Å². The Hall–Kier alpha value is -1.14. The fourth-order valence-electron chi connectivity index (χ4n) is 1.80. The van der Waals surface area contributed by atoms with Gasteiger partial charge in [0.1, 0.15) is 0 Å². The molecule has 0 aromatic heterocycles. The maximum atomic E-state index is 12.2. The molecule has 120 valence electrons. The van der Waals surface area contributed by atoms with E-state index in [1.165, 1.54) is 12.1 Å². The SMILES string of the molecule is CCOc1cc(Cl)c(C(O)CCC(F)(F)F)cc1OCC. The van der Waals surface area contributed by atoms with Gasteiger partial charge in [-0.3, -0.25) is 0 Å². The number of aliphatic hydroxyl groups is 1. The summed E-state index contributed by atoms with van der Waals surface area (Å²) in [5.41, 5.74) is 0.202. The Labute approximate surface area is 126 Å². The van der Waals surface area contributed by atoms with Gasteiger partial charge in [-0.25, -0.2) is 0 Å². The molecule has 0 spiro atoms. The van der Waals surface area contributed by atoms with Gasteiger partial charge in [-0.15, -0.1) is 0 Å². The standard InChI is InChI=1S/C14H18ClF3O3/c1-3-20-12-7-9(10(15)8-13(12)21-4-2)11(19)5-6-14(16,17)18/h7-8,11,19H,3-6H2,1-2H3. The second-order valence-electron chi connectivity index (χ2n) is 4.36. The molecule has 0 aliphatic heterocycles. The van der Waals surface area contributed by atoms with Gasteiger partial charge in [-0.2, -0.15) is 13.2 Å². The van der Waals surface area contributed by atoms with Crippen LogP contribution in [-0.2, 0) is 0 Å². The number of rotatable bonds is 7. The molecule has 0 saturated carbocycles. The van der Waals surface area contributed by atoms with Gasteiger partial charge in [-0.1, -0.05) is 11.6 Å². The van der Waals surface area contributed by atoms with E-state index in [0.29, 0.717) is 24.7 Å². The highest BCUT2D eigenvalue weighted by Crippen LogP contribution is 2.38. The summed E-state index contributed by atoms with van der Waals surface area (Å²) < 4.78 is 47.3. The smallest absolute Gasteiger partial charge is 0.389 e. The highest BCUT2D eigenvalue weighted by Gasteiger charge is 2.29. The quantitative estimate of drug-likeness (QED) is 0.801. The van der Waals surface area contributed by atoms with E-state index in [-0.39, 0.29) is 10.6 Å². The van der Waals surface area contributed by atoms with Crippen molar-refractivity contribution >= 4 is 11.6 Å². The number of hydrogen-bond acceptors (Lipinski definition) is 3. The zero-order chi connectivity index (χ0) is 16.0. The first kappa shape index (κ1) is 17.9. The molecule has 7 heteroatoms. The Kier molecular flexibility index (Phi) is 6.61. The third-order valence-corrected chi connectivity index (χ3v) is 3.05. The molecule has 1 rings (SSSR count). The minimum Gasteiger partial charge on any atom is -0.490 e. The summed E-state index contributed by atoms with van der Waals surface area (Å²) in [6.07, 6.45) is -7.17. The molecule has 0 heterocycles. The lowest BCUT2D eigenvalue weighted by Crippen LogP contribution is -2.10. The van der Waals surface area contributed by atoms with E-state index in [4.69, 9.17) is 21.1 Å². The number of halogens is 4. The zero-order valence-electron chi connectivity index (χ0n) is 11.8. The van der Waals surface area contributed by atoms with E-state index in [2.05, 4.69) is 0 Å². The Balaban J connectivity index is 2.98. The van der Waals surface area contributed by atoms with Crippen molar-refractivity contribution in [1.82, 2.24) is 0 Å². The second kappa shape index (κ2) is 7.75. The normalized spacial score (nSPS) is 13.1. The molecule has 1 atom stereocenters. The van der Waals surface area contributed by atoms with Crippen LogP contribution in [0.5, 0.6) is 11.5 Å². The van der Waals surface area contributed by atoms with Gasteiger partial charge >= 0.3 is 6.18 Å². The molecule has 0 aliphatic rings. The van der Waals surface area contributed by atoms with Crippen LogP contribution in [0.3, 0.4) is 0 Å². The summed E-state index contributed by atoms with van der Waals surface area (Å²) in [5.74, 6) is 0.751. The highest BCUT2D eigenvalue weighted by atomic mass is 35.5. The largest absolute Gasteiger partial charge is 0.490 e. The van der Waals surface area contributed by atoms with E-state index in [0.717, 1.165) is 0 Å². The second-order valence-corrected chi connectivity index (χ2v) is 4.76. The van der Waals surface area contributed by atoms with Crippen LogP contribution < -0.4 is 9.47 Å². The molecule has 1 N–H and O–H groups in total. The lowest BCUT2D eigenvalue weighted by molar-refractivity contribution is -0.140. The van der Waals surface area contributed by atoms with Gasteiger partial charge in [-0.05, 0) is 26.3 Å². The Bertz CT molecular complexity index is 464. The van der Waals surface area contributed by atoms with Crippen molar-refractivity contribution in [3.8, 4) is 11.5 Å². The lowest BCUT2D eigenvalue weighted by atomic mass is 10.0. The third-order valence-electron chi connectivity index (χ3n) is 2.72. The third kappa shape index (κ3) is 5.63. The minimum absolute atomic E-state index is 0.150. The maximum absolute atomic E-state index is 12.2. The summed E-state index contributed by atoms with van der Waals surface area (Å²) >= 11 is 6.01. The average molecular weight is 327 g/mol. The van der Waals surface area contributed by atoms with Crippen LogP contribution in [0, 0.1) is 0 Å². The van der Waals surface area contributed by atoms with Crippen LogP contribution in [0.25, 0.3) is 0 Å². The Morgan fingerprint density at radius 3 is 2.14 bits per heavy atom. The van der Waals surface area contributed by atoms with E-state index in [1.807, 2.05) is 0 Å². The molecule has 1 aromatic carbocycles. The monoisotopic (exact) mass is 326 g/mol. The molecular formula is C14H18ClF3O3. The summed E-state index contributed by atoms with van der Waals surface area (Å²) in [6.45, 7) is 4.31. The molecule has 0 saturated heterocycles. The number of alkyl halides is 3. The van der Waals surface area contributed by atoms with Crippen molar-refractivity contribution in [2.75, 3.05) is 13.2 Å². The van der Waals surface area contributed by atoms with Crippen molar-refractivity contribution in [2.24, 2.45) is 0 Å². The molecule has 0 bridgehead atoms. The first-order chi connectivity index (χ1) is 9.78. The van der Waals surface area contributed by atoms with E-state index < -0.39 is 25.1 Å². The summed E-state index contributed by atoms with van der Waals surface area (Å²) in [6, 6.07) is 2.88. The number of benzene rings is 1. The van der Waals surface area contributed by atoms with Crippen LogP contribution in [0.15, 0.2) is 12.1 Å². The number of hydrogen-bond donors (Lipinski definition) is 1. The van der Waals surface area contributed by atoms with E-state index in [1.54, 1.807) is 13.8 Å². The van der Waals surface area contributed by atoms with Gasteiger partial charge in [0.15, 0.2) is 11.5 Å². The van der Waals surface area contributed by atoms with Gasteiger partial charge in [0, 0.05) is 18.1 Å². The van der Waals surface area contributed by atoms with Gasteiger partial charge < -0.3 is 14.6 Å². The molecular weight excluding hydrogens is 309 g/mol. The molecule has 0 amide bonds. The van der Waals surface area contributed by atoms with Crippen LogP contribution >= 0.6 is 11.6 Å². The van der Waals surface area contributed by atoms with Gasteiger partial charge in [0.05, 0.1) is 24.3 Å². The maximum Gasteiger partial charge on any atom is 0.389 e. The average Bonchev–Trinajstić information content (AvgIpc) is 2.38. The summed E-state index contributed by atoms with van der Waals surface area (Å²) in [5, 5.41) is 10.0. The van der Waals surface area contributed by atoms with Crippen molar-refractivity contribution < 1.29 is 27.8 Å². The van der Waals surface area contributed by atoms with E-state index >= 15 is 0 Å².